The lowest BCUT2D eigenvalue weighted by atomic mass is 10.0. The van der Waals surface area contributed by atoms with E-state index < -0.39 is 11.9 Å². The molecular formula is C41H40BrN3O9S. The Morgan fingerprint density at radius 1 is 0.836 bits per heavy atom. The Hall–Kier alpha value is -4.99. The van der Waals surface area contributed by atoms with Crippen LogP contribution in [0.15, 0.2) is 89.4 Å². The number of aromatic hydroxyl groups is 1. The molecule has 1 aromatic heterocycles. The highest BCUT2D eigenvalue weighted by Crippen LogP contribution is 2.47. The maximum absolute atomic E-state index is 13.0. The second-order valence-electron chi connectivity index (χ2n) is 12.9. The van der Waals surface area contributed by atoms with E-state index in [1.807, 2.05) is 66.7 Å². The molecule has 1 fully saturated rings. The van der Waals surface area contributed by atoms with E-state index in [1.54, 1.807) is 34.4 Å². The molecule has 1 atom stereocenters. The van der Waals surface area contributed by atoms with Crippen molar-refractivity contribution in [3.05, 3.63) is 101 Å². The number of thiophene rings is 1. The highest BCUT2D eigenvalue weighted by Gasteiger charge is 2.39. The van der Waals surface area contributed by atoms with Gasteiger partial charge in [0.2, 0.25) is 11.8 Å². The van der Waals surface area contributed by atoms with Gasteiger partial charge in [-0.1, -0.05) is 34.1 Å². The number of carbonyl (C=O) groups is 3. The number of amides is 3. The Kier molecular flexibility index (Phi) is 12.6. The van der Waals surface area contributed by atoms with Gasteiger partial charge in [0.25, 0.3) is 5.91 Å². The molecule has 14 heteroatoms. The fourth-order valence-corrected chi connectivity index (χ4v) is 7.88. The van der Waals surface area contributed by atoms with Gasteiger partial charge >= 0.3 is 0 Å². The lowest BCUT2D eigenvalue weighted by Gasteiger charge is -2.29. The summed E-state index contributed by atoms with van der Waals surface area (Å²) in [4.78, 5) is 39.4. The molecule has 3 N–H and O–H groups in total. The first kappa shape index (κ1) is 38.3. The van der Waals surface area contributed by atoms with E-state index in [-0.39, 0.29) is 24.0 Å². The molecule has 0 saturated carbocycles. The third kappa shape index (κ3) is 9.46. The molecule has 0 spiro atoms. The molecule has 3 heterocycles. The van der Waals surface area contributed by atoms with Crippen LogP contribution in [0.3, 0.4) is 0 Å². The monoisotopic (exact) mass is 829 g/mol. The van der Waals surface area contributed by atoms with Gasteiger partial charge in [0.1, 0.15) is 29.9 Å². The van der Waals surface area contributed by atoms with E-state index >= 15 is 0 Å². The summed E-state index contributed by atoms with van der Waals surface area (Å²) in [5.74, 6) is 1.40. The smallest absolute Gasteiger partial charge is 0.255 e. The van der Waals surface area contributed by atoms with Gasteiger partial charge in [0, 0.05) is 50.9 Å². The quantitative estimate of drug-likeness (QED) is 0.0617. The molecule has 5 aromatic rings. The van der Waals surface area contributed by atoms with Gasteiger partial charge in [-0.2, -0.15) is 0 Å². The van der Waals surface area contributed by atoms with Crippen molar-refractivity contribution >= 4 is 60.8 Å². The standard InChI is InChI=1S/C41H40BrN3O9S/c42-27-6-4-26(5-7-27)39-38(32-13-8-28(46)24-36(32)55-39)54-30-11-9-29(10-12-30)53-23-22-52-21-20-51-19-18-50-17-16-43-34-3-1-2-31-33(34)25-45(41(31)49)35-14-15-37(47)44-40(35)48/h1-13,24,35,43,46H,14-23,25H2,(H,44,47,48). The third-order valence-electron chi connectivity index (χ3n) is 9.16. The van der Waals surface area contributed by atoms with E-state index in [2.05, 4.69) is 26.6 Å². The molecule has 2 aliphatic rings. The molecule has 7 rings (SSSR count). The van der Waals surface area contributed by atoms with Crippen molar-refractivity contribution in [3.8, 4) is 33.4 Å². The molecule has 0 radical (unpaired) electrons. The zero-order valence-corrected chi connectivity index (χ0v) is 32.3. The maximum Gasteiger partial charge on any atom is 0.255 e. The van der Waals surface area contributed by atoms with Gasteiger partial charge in [-0.05, 0) is 78.7 Å². The van der Waals surface area contributed by atoms with E-state index in [1.165, 1.54) is 0 Å². The number of phenols is 1. The molecular weight excluding hydrogens is 790 g/mol. The van der Waals surface area contributed by atoms with Gasteiger partial charge in [-0.15, -0.1) is 11.3 Å². The summed E-state index contributed by atoms with van der Waals surface area (Å²) in [6, 6.07) is 25.6. The first-order valence-electron chi connectivity index (χ1n) is 18.0. The van der Waals surface area contributed by atoms with Crippen LogP contribution in [0.1, 0.15) is 28.8 Å². The predicted octanol–water partition coefficient (Wildman–Crippen LogP) is 7.13. The number of halogens is 1. The van der Waals surface area contributed by atoms with Crippen LogP contribution >= 0.6 is 27.3 Å². The van der Waals surface area contributed by atoms with Gasteiger partial charge in [0.15, 0.2) is 5.75 Å². The minimum Gasteiger partial charge on any atom is -0.508 e. The van der Waals surface area contributed by atoms with Crippen LogP contribution in [0.5, 0.6) is 23.0 Å². The van der Waals surface area contributed by atoms with Crippen LogP contribution in [-0.4, -0.2) is 86.6 Å². The largest absolute Gasteiger partial charge is 0.508 e. The highest BCUT2D eigenvalue weighted by atomic mass is 79.9. The fraction of sp³-hybridized carbons (Fsp3) is 0.293. The van der Waals surface area contributed by atoms with Crippen molar-refractivity contribution in [1.82, 2.24) is 10.2 Å². The number of hydrogen-bond acceptors (Lipinski definition) is 11. The number of ether oxygens (including phenoxy) is 5. The molecule has 0 aliphatic carbocycles. The Labute approximate surface area is 330 Å². The van der Waals surface area contributed by atoms with Crippen molar-refractivity contribution in [2.75, 3.05) is 58.1 Å². The van der Waals surface area contributed by atoms with Crippen LogP contribution in [0.2, 0.25) is 0 Å². The Bertz CT molecular complexity index is 2140. The topological polar surface area (TPSA) is 145 Å². The lowest BCUT2D eigenvalue weighted by Crippen LogP contribution is -2.52. The van der Waals surface area contributed by atoms with E-state index in [9.17, 15) is 19.5 Å². The average molecular weight is 831 g/mol. The summed E-state index contributed by atoms with van der Waals surface area (Å²) >= 11 is 5.07. The van der Waals surface area contributed by atoms with Crippen molar-refractivity contribution in [3.63, 3.8) is 0 Å². The van der Waals surface area contributed by atoms with Crippen molar-refractivity contribution in [2.24, 2.45) is 0 Å². The van der Waals surface area contributed by atoms with Gasteiger partial charge in [0.05, 0.1) is 44.5 Å². The number of hydrogen-bond donors (Lipinski definition) is 3. The number of phenolic OH excluding ortho intramolecular Hbond substituents is 1. The van der Waals surface area contributed by atoms with Gasteiger partial charge in [-0.25, -0.2) is 0 Å². The second-order valence-corrected chi connectivity index (χ2v) is 14.8. The average Bonchev–Trinajstić information content (AvgIpc) is 3.71. The number of fused-ring (bicyclic) bond motifs is 2. The van der Waals surface area contributed by atoms with Crippen LogP contribution in [0.25, 0.3) is 20.5 Å². The number of benzene rings is 4. The molecule has 2 aliphatic heterocycles. The van der Waals surface area contributed by atoms with Crippen LogP contribution in [0.4, 0.5) is 5.69 Å². The molecule has 286 valence electrons. The molecule has 0 bridgehead atoms. The lowest BCUT2D eigenvalue weighted by molar-refractivity contribution is -0.136. The summed E-state index contributed by atoms with van der Waals surface area (Å²) in [6.07, 6.45) is 0.550. The minimum atomic E-state index is -0.644. The molecule has 12 nitrogen and oxygen atoms in total. The Morgan fingerprint density at radius 3 is 2.29 bits per heavy atom. The highest BCUT2D eigenvalue weighted by molar-refractivity contribution is 9.10. The number of rotatable bonds is 18. The summed E-state index contributed by atoms with van der Waals surface area (Å²) in [5, 5.41) is 16.6. The van der Waals surface area contributed by atoms with Crippen LogP contribution in [0, 0.1) is 0 Å². The Balaban J connectivity index is 0.755. The molecule has 1 unspecified atom stereocenters. The normalized spacial score (nSPS) is 15.3. The number of nitrogens with one attached hydrogen (secondary N) is 2. The SMILES string of the molecule is O=C1CCC(N2Cc3c(NCCOCCOCCOCCOc4ccc(Oc5c(-c6ccc(Br)cc6)sc6cc(O)ccc56)cc4)cccc3C2=O)C(=O)N1. The number of anilines is 1. The summed E-state index contributed by atoms with van der Waals surface area (Å²) in [5.41, 5.74) is 3.26. The fourth-order valence-electron chi connectivity index (χ4n) is 6.45. The van der Waals surface area contributed by atoms with Crippen molar-refractivity contribution < 1.29 is 43.2 Å². The van der Waals surface area contributed by atoms with Gasteiger partial charge in [-0.3, -0.25) is 19.7 Å². The maximum atomic E-state index is 13.0. The van der Waals surface area contributed by atoms with Gasteiger partial charge < -0.3 is 39.0 Å². The molecule has 1 saturated heterocycles. The third-order valence-corrected chi connectivity index (χ3v) is 10.9. The van der Waals surface area contributed by atoms with Crippen molar-refractivity contribution in [1.29, 1.82) is 0 Å². The molecule has 4 aromatic carbocycles. The van der Waals surface area contributed by atoms with Crippen LogP contribution < -0.4 is 20.1 Å². The number of piperidine rings is 1. The summed E-state index contributed by atoms with van der Waals surface area (Å²) in [6.45, 7) is 3.81. The second kappa shape index (κ2) is 18.1. The first-order chi connectivity index (χ1) is 26.8. The zero-order chi connectivity index (χ0) is 38.1. The van der Waals surface area contributed by atoms with Crippen molar-refractivity contribution in [2.45, 2.75) is 25.4 Å². The molecule has 3 amide bonds. The predicted molar refractivity (Wildman–Crippen MR) is 212 cm³/mol. The van der Waals surface area contributed by atoms with E-state index in [0.717, 1.165) is 42.0 Å². The Morgan fingerprint density at radius 2 is 1.55 bits per heavy atom. The summed E-state index contributed by atoms with van der Waals surface area (Å²) < 4.78 is 31.1. The zero-order valence-electron chi connectivity index (χ0n) is 29.9. The van der Waals surface area contributed by atoms with E-state index in [0.29, 0.717) is 82.8 Å². The first-order valence-corrected chi connectivity index (χ1v) is 19.6. The number of imide groups is 1. The number of carbonyl (C=O) groups excluding carboxylic acids is 3. The summed E-state index contributed by atoms with van der Waals surface area (Å²) in [7, 11) is 0. The van der Waals surface area contributed by atoms with Crippen LogP contribution in [-0.2, 0) is 30.3 Å². The molecule has 55 heavy (non-hydrogen) atoms. The number of nitrogens with zero attached hydrogens (tertiary/aromatic N) is 1. The minimum absolute atomic E-state index is 0.199. The van der Waals surface area contributed by atoms with E-state index in [4.69, 9.17) is 23.7 Å².